The topological polar surface area (TPSA) is 99.8 Å². The lowest BCUT2D eigenvalue weighted by atomic mass is 10.0. The van der Waals surface area contributed by atoms with Crippen LogP contribution in [0.15, 0.2) is 83.9 Å². The summed E-state index contributed by atoms with van der Waals surface area (Å²) >= 11 is 5.11. The first-order valence-electron chi connectivity index (χ1n) is 9.63. The van der Waals surface area contributed by atoms with Crippen molar-refractivity contribution in [2.75, 3.05) is 5.32 Å². The van der Waals surface area contributed by atoms with E-state index in [0.29, 0.717) is 17.0 Å². The minimum atomic E-state index is -1.28. The molecule has 9 heteroatoms. The van der Waals surface area contributed by atoms with Crippen LogP contribution in [0.1, 0.15) is 21.5 Å². The molecule has 1 unspecified atom stereocenters. The van der Waals surface area contributed by atoms with Gasteiger partial charge in [0.05, 0.1) is 11.4 Å². The van der Waals surface area contributed by atoms with E-state index in [1.165, 1.54) is 12.1 Å². The van der Waals surface area contributed by atoms with Crippen molar-refractivity contribution in [2.24, 2.45) is 10.7 Å². The fourth-order valence-corrected chi connectivity index (χ4v) is 3.40. The van der Waals surface area contributed by atoms with E-state index in [1.54, 1.807) is 12.1 Å². The van der Waals surface area contributed by atoms with E-state index >= 15 is 0 Å². The van der Waals surface area contributed by atoms with Crippen LogP contribution in [0.3, 0.4) is 0 Å². The van der Waals surface area contributed by atoms with Crippen LogP contribution in [0.5, 0.6) is 0 Å². The molecule has 0 aliphatic carbocycles. The molecule has 1 atom stereocenters. The van der Waals surface area contributed by atoms with E-state index in [9.17, 15) is 14.0 Å². The number of aliphatic imine (C=N–C) groups is 1. The Hall–Kier alpha value is -4.11. The summed E-state index contributed by atoms with van der Waals surface area (Å²) in [5, 5.41) is 3.57. The number of hydrogen-bond donors (Lipinski definition) is 3. The maximum absolute atomic E-state index is 13.2. The Bertz CT molecular complexity index is 1210. The SMILES string of the molecule is NC(=S)N(NC(=O)c1ccc(F)cc1)C1N=C(c2ccccc2)c2ccccc2NC1=O. The van der Waals surface area contributed by atoms with E-state index in [2.05, 4.69) is 15.7 Å². The number of anilines is 1. The number of hydrogen-bond acceptors (Lipinski definition) is 4. The Balaban J connectivity index is 1.75. The van der Waals surface area contributed by atoms with Crippen molar-refractivity contribution in [2.45, 2.75) is 6.17 Å². The molecule has 0 saturated carbocycles. The van der Waals surface area contributed by atoms with Gasteiger partial charge in [-0.15, -0.1) is 0 Å². The lowest BCUT2D eigenvalue weighted by Gasteiger charge is -2.28. The maximum atomic E-state index is 13.2. The third-order valence-electron chi connectivity index (χ3n) is 4.78. The summed E-state index contributed by atoms with van der Waals surface area (Å²) < 4.78 is 13.2. The molecule has 32 heavy (non-hydrogen) atoms. The van der Waals surface area contributed by atoms with Crippen LogP contribution in [-0.4, -0.2) is 33.8 Å². The second-order valence-electron chi connectivity index (χ2n) is 6.91. The van der Waals surface area contributed by atoms with Crippen molar-refractivity contribution in [1.29, 1.82) is 0 Å². The van der Waals surface area contributed by atoms with E-state index in [1.807, 2.05) is 42.5 Å². The van der Waals surface area contributed by atoms with E-state index in [-0.39, 0.29) is 10.7 Å². The molecule has 0 spiro atoms. The number of fused-ring (bicyclic) bond motifs is 1. The fourth-order valence-electron chi connectivity index (χ4n) is 3.26. The molecule has 1 aliphatic heterocycles. The van der Waals surface area contributed by atoms with Crippen LogP contribution in [0.2, 0.25) is 0 Å². The number of benzene rings is 3. The maximum Gasteiger partial charge on any atom is 0.271 e. The van der Waals surface area contributed by atoms with Crippen LogP contribution in [-0.2, 0) is 4.79 Å². The number of carbonyl (C=O) groups is 2. The predicted octanol–water partition coefficient (Wildman–Crippen LogP) is 2.83. The van der Waals surface area contributed by atoms with Crippen LogP contribution in [0.25, 0.3) is 0 Å². The molecule has 0 radical (unpaired) electrons. The molecule has 0 fully saturated rings. The Morgan fingerprint density at radius 1 is 1.03 bits per heavy atom. The minimum absolute atomic E-state index is 0.164. The molecule has 4 rings (SSSR count). The zero-order valence-corrected chi connectivity index (χ0v) is 17.5. The number of carbonyl (C=O) groups excluding carboxylic acids is 2. The summed E-state index contributed by atoms with van der Waals surface area (Å²) in [7, 11) is 0. The third-order valence-corrected chi connectivity index (χ3v) is 4.98. The van der Waals surface area contributed by atoms with Gasteiger partial charge in [-0.05, 0) is 42.5 Å². The Labute approximate surface area is 188 Å². The number of benzodiazepines with no additional fused rings is 1. The lowest BCUT2D eigenvalue weighted by molar-refractivity contribution is -0.120. The highest BCUT2D eigenvalue weighted by Crippen LogP contribution is 2.25. The Morgan fingerprint density at radius 3 is 2.38 bits per heavy atom. The number of para-hydroxylation sites is 1. The lowest BCUT2D eigenvalue weighted by Crippen LogP contribution is -2.57. The van der Waals surface area contributed by atoms with E-state index in [4.69, 9.17) is 18.0 Å². The monoisotopic (exact) mass is 447 g/mol. The number of nitrogens with one attached hydrogen (secondary N) is 2. The van der Waals surface area contributed by atoms with Gasteiger partial charge in [-0.1, -0.05) is 48.5 Å². The highest BCUT2D eigenvalue weighted by Gasteiger charge is 2.32. The van der Waals surface area contributed by atoms with E-state index < -0.39 is 23.8 Å². The highest BCUT2D eigenvalue weighted by molar-refractivity contribution is 7.80. The molecule has 160 valence electrons. The average Bonchev–Trinajstić information content (AvgIpc) is 2.94. The van der Waals surface area contributed by atoms with Crippen LogP contribution in [0.4, 0.5) is 10.1 Å². The van der Waals surface area contributed by atoms with Gasteiger partial charge in [-0.2, -0.15) is 0 Å². The molecule has 2 amide bonds. The minimum Gasteiger partial charge on any atom is -0.375 e. The molecular weight excluding hydrogens is 429 g/mol. The van der Waals surface area contributed by atoms with Crippen molar-refractivity contribution in [3.63, 3.8) is 0 Å². The average molecular weight is 447 g/mol. The molecule has 0 aromatic heterocycles. The van der Waals surface area contributed by atoms with Crippen LogP contribution in [0, 0.1) is 5.82 Å². The zero-order valence-electron chi connectivity index (χ0n) is 16.7. The second-order valence-corrected chi connectivity index (χ2v) is 7.33. The van der Waals surface area contributed by atoms with Gasteiger partial charge < -0.3 is 11.1 Å². The first kappa shape index (κ1) is 21.1. The number of amides is 2. The number of nitrogens with two attached hydrogens (primary N) is 1. The summed E-state index contributed by atoms with van der Waals surface area (Å²) in [4.78, 5) is 30.4. The summed E-state index contributed by atoms with van der Waals surface area (Å²) in [6.07, 6.45) is -1.28. The van der Waals surface area contributed by atoms with Gasteiger partial charge in [-0.3, -0.25) is 15.0 Å². The summed E-state index contributed by atoms with van der Waals surface area (Å²) in [6.45, 7) is 0. The van der Waals surface area contributed by atoms with Crippen LogP contribution < -0.4 is 16.5 Å². The van der Waals surface area contributed by atoms with E-state index in [0.717, 1.165) is 22.7 Å². The van der Waals surface area contributed by atoms with Crippen molar-refractivity contribution in [1.82, 2.24) is 10.4 Å². The number of thiocarbonyl (C=S) groups is 1. The number of halogens is 1. The van der Waals surface area contributed by atoms with Gasteiger partial charge in [0.25, 0.3) is 11.8 Å². The molecule has 0 saturated heterocycles. The molecule has 1 heterocycles. The molecule has 4 N–H and O–H groups in total. The molecular formula is C23H18FN5O2S. The highest BCUT2D eigenvalue weighted by atomic mass is 32.1. The van der Waals surface area contributed by atoms with Gasteiger partial charge in [0.15, 0.2) is 5.11 Å². The standard InChI is InChI=1S/C23H18FN5O2S/c24-16-12-10-15(11-13-16)21(30)28-29(23(25)32)20-22(31)26-18-9-5-4-8-17(18)19(27-20)14-6-2-1-3-7-14/h1-13,20H,(H2,25,32)(H,26,31)(H,28,30). The molecule has 0 bridgehead atoms. The summed E-state index contributed by atoms with van der Waals surface area (Å²) in [5.41, 5.74) is 11.1. The van der Waals surface area contributed by atoms with Gasteiger partial charge in [0.1, 0.15) is 5.82 Å². The number of hydrazine groups is 1. The van der Waals surface area contributed by atoms with Gasteiger partial charge in [0, 0.05) is 16.7 Å². The van der Waals surface area contributed by atoms with Crippen molar-refractivity contribution >= 4 is 40.5 Å². The molecule has 3 aromatic carbocycles. The first-order chi connectivity index (χ1) is 15.4. The van der Waals surface area contributed by atoms with Crippen molar-refractivity contribution in [3.05, 3.63) is 101 Å². The smallest absolute Gasteiger partial charge is 0.271 e. The quantitative estimate of drug-likeness (QED) is 0.424. The second kappa shape index (κ2) is 8.94. The van der Waals surface area contributed by atoms with Gasteiger partial charge >= 0.3 is 0 Å². The third kappa shape index (κ3) is 4.33. The zero-order chi connectivity index (χ0) is 22.7. The molecule has 7 nitrogen and oxygen atoms in total. The van der Waals surface area contributed by atoms with Gasteiger partial charge in [0.2, 0.25) is 6.17 Å². The normalized spacial score (nSPS) is 15.0. The summed E-state index contributed by atoms with van der Waals surface area (Å²) in [5.74, 6) is -1.63. The largest absolute Gasteiger partial charge is 0.375 e. The van der Waals surface area contributed by atoms with Crippen LogP contribution >= 0.6 is 12.2 Å². The molecule has 1 aliphatic rings. The molecule has 3 aromatic rings. The fraction of sp³-hybridized carbons (Fsp3) is 0.0435. The van der Waals surface area contributed by atoms with Crippen molar-refractivity contribution < 1.29 is 14.0 Å². The van der Waals surface area contributed by atoms with Crippen molar-refractivity contribution in [3.8, 4) is 0 Å². The Morgan fingerprint density at radius 2 is 1.69 bits per heavy atom. The predicted molar refractivity (Wildman–Crippen MR) is 123 cm³/mol. The number of nitrogens with zero attached hydrogens (tertiary/aromatic N) is 2. The summed E-state index contributed by atoms with van der Waals surface area (Å²) in [6, 6.07) is 21.5. The Kier molecular flexibility index (Phi) is 5.91. The van der Waals surface area contributed by atoms with Gasteiger partial charge in [-0.25, -0.2) is 14.4 Å². The first-order valence-corrected chi connectivity index (χ1v) is 10.0. The number of rotatable bonds is 3.